The third-order valence-corrected chi connectivity index (χ3v) is 5.41. The van der Waals surface area contributed by atoms with Gasteiger partial charge in [-0.25, -0.2) is 0 Å². The van der Waals surface area contributed by atoms with Crippen LogP contribution in [0, 0.1) is 0 Å². The summed E-state index contributed by atoms with van der Waals surface area (Å²) in [6.07, 6.45) is 2.37. The van der Waals surface area contributed by atoms with Crippen LogP contribution >= 0.6 is 11.5 Å². The lowest BCUT2D eigenvalue weighted by Crippen LogP contribution is -2.50. The number of amides is 2. The van der Waals surface area contributed by atoms with Gasteiger partial charge in [0.2, 0.25) is 5.91 Å². The van der Waals surface area contributed by atoms with Crippen LogP contribution in [0.1, 0.15) is 55.0 Å². The summed E-state index contributed by atoms with van der Waals surface area (Å²) in [5, 5.41) is 8.58. The minimum atomic E-state index is -0.911. The Morgan fingerprint density at radius 3 is 2.47 bits per heavy atom. The first kappa shape index (κ1) is 21.6. The molecule has 30 heavy (non-hydrogen) atoms. The number of nitrogens with one attached hydrogen (secondary N) is 1. The van der Waals surface area contributed by atoms with Crippen molar-refractivity contribution in [3.63, 3.8) is 0 Å². The Morgan fingerprint density at radius 2 is 1.87 bits per heavy atom. The predicted octanol–water partition coefficient (Wildman–Crippen LogP) is 3.62. The molecule has 2 aromatic heterocycles. The van der Waals surface area contributed by atoms with E-state index in [1.165, 1.54) is 4.90 Å². The van der Waals surface area contributed by atoms with Crippen molar-refractivity contribution in [2.75, 3.05) is 0 Å². The number of hydrogen-bond donors (Lipinski definition) is 1. The van der Waals surface area contributed by atoms with Gasteiger partial charge in [-0.1, -0.05) is 47.8 Å². The van der Waals surface area contributed by atoms with Crippen LogP contribution < -0.4 is 5.32 Å². The van der Waals surface area contributed by atoms with Crippen LogP contribution in [0.3, 0.4) is 0 Å². The molecule has 1 atom stereocenters. The van der Waals surface area contributed by atoms with E-state index in [1.54, 1.807) is 23.7 Å². The van der Waals surface area contributed by atoms with E-state index in [9.17, 15) is 9.59 Å². The van der Waals surface area contributed by atoms with E-state index in [4.69, 9.17) is 0 Å². The molecule has 0 saturated heterocycles. The molecule has 0 fully saturated rings. The fourth-order valence-corrected chi connectivity index (χ4v) is 3.36. The summed E-state index contributed by atoms with van der Waals surface area (Å²) in [5.41, 5.74) is 1.18. The second-order valence-electron chi connectivity index (χ2n) is 7.59. The summed E-state index contributed by atoms with van der Waals surface area (Å²) in [7, 11) is 0. The molecule has 0 aliphatic carbocycles. The number of rotatable bonds is 8. The minimum absolute atomic E-state index is 0.208. The molecule has 156 valence electrons. The van der Waals surface area contributed by atoms with Gasteiger partial charge < -0.3 is 10.2 Å². The molecule has 0 saturated carbocycles. The quantitative estimate of drug-likeness (QED) is 0.598. The second-order valence-corrected chi connectivity index (χ2v) is 8.20. The van der Waals surface area contributed by atoms with E-state index in [0.29, 0.717) is 5.69 Å². The second kappa shape index (κ2) is 9.58. The number of aromatic nitrogens is 3. The zero-order valence-corrected chi connectivity index (χ0v) is 18.1. The van der Waals surface area contributed by atoms with Gasteiger partial charge in [-0.15, -0.1) is 5.10 Å². The van der Waals surface area contributed by atoms with Crippen LogP contribution in [0.15, 0.2) is 60.1 Å². The normalized spacial score (nSPS) is 12.2. The van der Waals surface area contributed by atoms with Crippen LogP contribution in [0.25, 0.3) is 0 Å². The number of nitrogens with zero attached hydrogens (tertiary/aromatic N) is 4. The molecule has 3 rings (SSSR count). The molecule has 7 nitrogen and oxygen atoms in total. The molecule has 8 heteroatoms. The lowest BCUT2D eigenvalue weighted by Gasteiger charge is -2.33. The SMILES string of the molecule is CCC(C)(C)NC(=O)[C@@H](c1ccccn1)N(Cc1ccccc1)C(=O)c1csnn1. The summed E-state index contributed by atoms with van der Waals surface area (Å²) >= 11 is 1.10. The minimum Gasteiger partial charge on any atom is -0.349 e. The first-order valence-corrected chi connectivity index (χ1v) is 10.6. The number of carbonyl (C=O) groups excluding carboxylic acids is 2. The van der Waals surface area contributed by atoms with E-state index < -0.39 is 11.6 Å². The smallest absolute Gasteiger partial charge is 0.276 e. The molecule has 1 aromatic carbocycles. The van der Waals surface area contributed by atoms with Crippen LogP contribution in [0.2, 0.25) is 0 Å². The van der Waals surface area contributed by atoms with E-state index in [0.717, 1.165) is 23.5 Å². The van der Waals surface area contributed by atoms with E-state index in [2.05, 4.69) is 19.9 Å². The average molecular weight is 424 g/mol. The first-order valence-electron chi connectivity index (χ1n) is 9.76. The molecule has 0 spiro atoms. The number of hydrogen-bond acceptors (Lipinski definition) is 6. The molecule has 0 bridgehead atoms. The van der Waals surface area contributed by atoms with Crippen LogP contribution in [0.5, 0.6) is 0 Å². The third kappa shape index (κ3) is 5.27. The fraction of sp³-hybridized carbons (Fsp3) is 0.318. The largest absolute Gasteiger partial charge is 0.349 e. The van der Waals surface area contributed by atoms with Gasteiger partial charge in [-0.05, 0) is 49.5 Å². The zero-order chi connectivity index (χ0) is 21.6. The first-order chi connectivity index (χ1) is 14.4. The number of benzene rings is 1. The highest BCUT2D eigenvalue weighted by Gasteiger charge is 2.36. The maximum Gasteiger partial charge on any atom is 0.276 e. The van der Waals surface area contributed by atoms with Crippen molar-refractivity contribution >= 4 is 23.3 Å². The molecule has 2 amide bonds. The lowest BCUT2D eigenvalue weighted by atomic mass is 10.00. The van der Waals surface area contributed by atoms with E-state index in [1.807, 2.05) is 57.2 Å². The van der Waals surface area contributed by atoms with Gasteiger partial charge in [0.05, 0.1) is 5.69 Å². The molecule has 2 heterocycles. The summed E-state index contributed by atoms with van der Waals surface area (Å²) in [5.74, 6) is -0.652. The summed E-state index contributed by atoms with van der Waals surface area (Å²) in [6.45, 7) is 6.14. The molecule has 0 unspecified atom stereocenters. The molecule has 0 aliphatic rings. The van der Waals surface area contributed by atoms with Crippen molar-refractivity contribution in [2.24, 2.45) is 0 Å². The van der Waals surface area contributed by atoms with Gasteiger partial charge in [0.25, 0.3) is 5.91 Å². The summed E-state index contributed by atoms with van der Waals surface area (Å²) in [4.78, 5) is 32.7. The highest BCUT2D eigenvalue weighted by atomic mass is 32.1. The van der Waals surface area contributed by atoms with Gasteiger partial charge in [-0.3, -0.25) is 14.6 Å². The van der Waals surface area contributed by atoms with Crippen LogP contribution in [-0.2, 0) is 11.3 Å². The van der Waals surface area contributed by atoms with Crippen molar-refractivity contribution in [1.82, 2.24) is 24.8 Å². The van der Waals surface area contributed by atoms with Crippen molar-refractivity contribution in [1.29, 1.82) is 0 Å². The Labute approximate surface area is 180 Å². The summed E-state index contributed by atoms with van der Waals surface area (Å²) < 4.78 is 3.81. The number of carbonyl (C=O) groups is 2. The van der Waals surface area contributed by atoms with Crippen molar-refractivity contribution < 1.29 is 9.59 Å². The Morgan fingerprint density at radius 1 is 1.13 bits per heavy atom. The summed E-state index contributed by atoms with van der Waals surface area (Å²) in [6, 6.07) is 14.0. The zero-order valence-electron chi connectivity index (χ0n) is 17.3. The van der Waals surface area contributed by atoms with Crippen molar-refractivity contribution in [3.05, 3.63) is 77.1 Å². The van der Waals surface area contributed by atoms with Gasteiger partial charge in [0, 0.05) is 23.7 Å². The van der Waals surface area contributed by atoms with E-state index in [-0.39, 0.29) is 24.1 Å². The standard InChI is InChI=1S/C22H25N5O2S/c1-4-22(2,3)24-20(28)19(17-12-8-9-13-23-17)27(14-16-10-6-5-7-11-16)21(29)18-15-30-26-25-18/h5-13,15,19H,4,14H2,1-3H3,(H,24,28)/t19-/m1/s1. The Hall–Kier alpha value is -3.13. The Bertz CT molecular complexity index is 962. The predicted molar refractivity (Wildman–Crippen MR) is 116 cm³/mol. The average Bonchev–Trinajstić information content (AvgIpc) is 3.29. The molecule has 1 N–H and O–H groups in total. The van der Waals surface area contributed by atoms with Gasteiger partial charge >= 0.3 is 0 Å². The molecular weight excluding hydrogens is 398 g/mol. The topological polar surface area (TPSA) is 88.1 Å². The molecular formula is C22H25N5O2S. The molecule has 0 aliphatic heterocycles. The van der Waals surface area contributed by atoms with Gasteiger partial charge in [0.15, 0.2) is 11.7 Å². The lowest BCUT2D eigenvalue weighted by molar-refractivity contribution is -0.128. The maximum atomic E-state index is 13.4. The monoisotopic (exact) mass is 423 g/mol. The Balaban J connectivity index is 2.05. The molecule has 0 radical (unpaired) electrons. The maximum absolute atomic E-state index is 13.4. The van der Waals surface area contributed by atoms with Gasteiger partial charge in [-0.2, -0.15) is 0 Å². The number of pyridine rings is 1. The van der Waals surface area contributed by atoms with Crippen molar-refractivity contribution in [3.8, 4) is 0 Å². The fourth-order valence-electron chi connectivity index (χ4n) is 2.93. The van der Waals surface area contributed by atoms with Gasteiger partial charge in [0.1, 0.15) is 0 Å². The van der Waals surface area contributed by atoms with Crippen LogP contribution in [0.4, 0.5) is 0 Å². The highest BCUT2D eigenvalue weighted by molar-refractivity contribution is 7.03. The van der Waals surface area contributed by atoms with Crippen LogP contribution in [-0.4, -0.2) is 36.8 Å². The highest BCUT2D eigenvalue weighted by Crippen LogP contribution is 2.25. The van der Waals surface area contributed by atoms with E-state index >= 15 is 0 Å². The van der Waals surface area contributed by atoms with Crippen molar-refractivity contribution in [2.45, 2.75) is 45.3 Å². The Kier molecular flexibility index (Phi) is 6.89. The third-order valence-electron chi connectivity index (χ3n) is 4.91. The molecule has 3 aromatic rings.